The third kappa shape index (κ3) is 5.58. The van der Waals surface area contributed by atoms with Gasteiger partial charge in [-0.15, -0.1) is 0 Å². The lowest BCUT2D eigenvalue weighted by molar-refractivity contribution is -0.127. The number of ether oxygens (including phenoxy) is 1. The first-order valence-electron chi connectivity index (χ1n) is 8.23. The lowest BCUT2D eigenvalue weighted by Crippen LogP contribution is -2.40. The van der Waals surface area contributed by atoms with Gasteiger partial charge in [-0.3, -0.25) is 4.79 Å². The predicted molar refractivity (Wildman–Crippen MR) is 93.0 cm³/mol. The summed E-state index contributed by atoms with van der Waals surface area (Å²) in [5.74, 6) is -0.0376. The number of aryl methyl sites for hydroxylation is 1. The quantitative estimate of drug-likeness (QED) is 0.801. The maximum absolute atomic E-state index is 12.1. The Bertz CT molecular complexity index is 654. The molecule has 1 aliphatic rings. The Kier molecular flexibility index (Phi) is 6.77. The van der Waals surface area contributed by atoms with Crippen molar-refractivity contribution in [2.24, 2.45) is 5.92 Å². The Morgan fingerprint density at radius 2 is 1.96 bits per heavy atom. The number of hydrogen-bond donors (Lipinski definition) is 1. The van der Waals surface area contributed by atoms with Crippen LogP contribution < -0.4 is 5.32 Å². The van der Waals surface area contributed by atoms with Crippen molar-refractivity contribution in [2.75, 3.05) is 32.6 Å². The van der Waals surface area contributed by atoms with Gasteiger partial charge in [-0.2, -0.15) is 4.31 Å². The van der Waals surface area contributed by atoms with E-state index < -0.39 is 10.0 Å². The first-order chi connectivity index (χ1) is 11.4. The summed E-state index contributed by atoms with van der Waals surface area (Å²) in [5, 5.41) is 2.85. The van der Waals surface area contributed by atoms with Crippen LogP contribution in [0.15, 0.2) is 24.3 Å². The molecule has 0 aromatic heterocycles. The van der Waals surface area contributed by atoms with Gasteiger partial charge < -0.3 is 10.1 Å². The zero-order chi connectivity index (χ0) is 17.6. The van der Waals surface area contributed by atoms with E-state index in [0.717, 1.165) is 24.0 Å². The van der Waals surface area contributed by atoms with Gasteiger partial charge in [-0.05, 0) is 30.9 Å². The van der Waals surface area contributed by atoms with Gasteiger partial charge in [0.2, 0.25) is 15.9 Å². The third-order valence-corrected chi connectivity index (χ3v) is 5.58. The van der Waals surface area contributed by atoms with Gasteiger partial charge in [0.1, 0.15) is 0 Å². The molecule has 0 aliphatic carbocycles. The van der Waals surface area contributed by atoms with Crippen molar-refractivity contribution in [3.63, 3.8) is 0 Å². The molecule has 0 bridgehead atoms. The Labute approximate surface area is 144 Å². The molecule has 1 aromatic carbocycles. The Morgan fingerprint density at radius 3 is 2.58 bits per heavy atom. The molecule has 7 heteroatoms. The normalized spacial score (nSPS) is 16.3. The van der Waals surface area contributed by atoms with Crippen LogP contribution in [0.4, 0.5) is 0 Å². The third-order valence-electron chi connectivity index (χ3n) is 4.33. The summed E-state index contributed by atoms with van der Waals surface area (Å²) >= 11 is 0. The first-order valence-corrected chi connectivity index (χ1v) is 10.1. The Morgan fingerprint density at radius 1 is 1.29 bits per heavy atom. The van der Waals surface area contributed by atoms with Crippen molar-refractivity contribution in [3.8, 4) is 0 Å². The van der Waals surface area contributed by atoms with E-state index in [1.54, 1.807) is 0 Å². The summed E-state index contributed by atoms with van der Waals surface area (Å²) < 4.78 is 30.7. The maximum atomic E-state index is 12.1. The number of rotatable bonds is 7. The average molecular weight is 354 g/mol. The molecule has 1 fully saturated rings. The second-order valence-corrected chi connectivity index (χ2v) is 8.18. The molecule has 1 N–H and O–H groups in total. The fourth-order valence-corrected chi connectivity index (χ4v) is 3.54. The number of nitrogens with zero attached hydrogens (tertiary/aromatic N) is 1. The highest BCUT2D eigenvalue weighted by Gasteiger charge is 2.22. The number of sulfonamides is 1. The summed E-state index contributed by atoms with van der Waals surface area (Å²) in [6.45, 7) is 4.08. The van der Waals surface area contributed by atoms with Crippen LogP contribution in [-0.2, 0) is 26.1 Å². The fourth-order valence-electron chi connectivity index (χ4n) is 2.75. The van der Waals surface area contributed by atoms with E-state index in [1.807, 2.05) is 31.2 Å². The lowest BCUT2D eigenvalue weighted by Gasteiger charge is -2.23. The molecule has 6 nitrogen and oxygen atoms in total. The monoisotopic (exact) mass is 354 g/mol. The maximum Gasteiger partial charge on any atom is 0.223 e. The van der Waals surface area contributed by atoms with Gasteiger partial charge in [0.05, 0.1) is 6.26 Å². The van der Waals surface area contributed by atoms with Gasteiger partial charge in [0, 0.05) is 38.8 Å². The molecule has 1 amide bonds. The molecule has 0 saturated carbocycles. The van der Waals surface area contributed by atoms with Crippen LogP contribution in [0.25, 0.3) is 0 Å². The number of amides is 1. The van der Waals surface area contributed by atoms with Gasteiger partial charge in [-0.25, -0.2) is 8.42 Å². The van der Waals surface area contributed by atoms with Crippen molar-refractivity contribution in [3.05, 3.63) is 35.4 Å². The molecule has 1 saturated heterocycles. The minimum absolute atomic E-state index is 0.0114. The van der Waals surface area contributed by atoms with Crippen molar-refractivity contribution in [1.29, 1.82) is 0 Å². The molecular formula is C17H26N2O4S. The highest BCUT2D eigenvalue weighted by molar-refractivity contribution is 7.88. The molecule has 0 unspecified atom stereocenters. The van der Waals surface area contributed by atoms with Crippen LogP contribution in [0, 0.1) is 12.8 Å². The largest absolute Gasteiger partial charge is 0.381 e. The molecule has 1 aromatic rings. The van der Waals surface area contributed by atoms with E-state index in [-0.39, 0.29) is 18.4 Å². The van der Waals surface area contributed by atoms with Crippen molar-refractivity contribution in [2.45, 2.75) is 26.3 Å². The predicted octanol–water partition coefficient (Wildman–Crippen LogP) is 1.30. The van der Waals surface area contributed by atoms with Crippen molar-refractivity contribution < 1.29 is 17.9 Å². The highest BCUT2D eigenvalue weighted by Crippen LogP contribution is 2.15. The summed E-state index contributed by atoms with van der Waals surface area (Å²) in [5.41, 5.74) is 2.02. The first kappa shape index (κ1) is 18.9. The Hall–Kier alpha value is -1.44. The van der Waals surface area contributed by atoms with Crippen LogP contribution in [0.1, 0.15) is 24.0 Å². The molecular weight excluding hydrogens is 328 g/mol. The second-order valence-electron chi connectivity index (χ2n) is 6.20. The summed E-state index contributed by atoms with van der Waals surface area (Å²) in [7, 11) is -3.34. The molecule has 0 atom stereocenters. The van der Waals surface area contributed by atoms with E-state index >= 15 is 0 Å². The standard InChI is InChI=1S/C17H26N2O4S/c1-14-5-3-4-6-16(14)13-19(24(2,21)22)10-9-18-17(20)15-7-11-23-12-8-15/h3-6,15H,7-13H2,1-2H3,(H,18,20). The molecule has 0 radical (unpaired) electrons. The van der Waals surface area contributed by atoms with Crippen molar-refractivity contribution >= 4 is 15.9 Å². The van der Waals surface area contributed by atoms with Gasteiger partial charge >= 0.3 is 0 Å². The number of nitrogens with one attached hydrogen (secondary N) is 1. The molecule has 0 spiro atoms. The lowest BCUT2D eigenvalue weighted by atomic mass is 9.99. The van der Waals surface area contributed by atoms with Crippen LogP contribution in [0.2, 0.25) is 0 Å². The average Bonchev–Trinajstić information content (AvgIpc) is 2.55. The van der Waals surface area contributed by atoms with Gasteiger partial charge in [0.25, 0.3) is 0 Å². The van der Waals surface area contributed by atoms with E-state index in [0.29, 0.717) is 26.3 Å². The topological polar surface area (TPSA) is 75.7 Å². The van der Waals surface area contributed by atoms with Crippen molar-refractivity contribution in [1.82, 2.24) is 9.62 Å². The van der Waals surface area contributed by atoms with Crippen LogP contribution >= 0.6 is 0 Å². The SMILES string of the molecule is Cc1ccccc1CN(CCNC(=O)C1CCOCC1)S(C)(=O)=O. The number of carbonyl (C=O) groups is 1. The molecule has 2 rings (SSSR count). The van der Waals surface area contributed by atoms with E-state index in [1.165, 1.54) is 10.6 Å². The van der Waals surface area contributed by atoms with Gasteiger partial charge in [0.15, 0.2) is 0 Å². The smallest absolute Gasteiger partial charge is 0.223 e. The zero-order valence-electron chi connectivity index (χ0n) is 14.3. The number of hydrogen-bond acceptors (Lipinski definition) is 4. The van der Waals surface area contributed by atoms with Crippen LogP contribution in [-0.4, -0.2) is 51.2 Å². The van der Waals surface area contributed by atoms with E-state index in [9.17, 15) is 13.2 Å². The highest BCUT2D eigenvalue weighted by atomic mass is 32.2. The minimum atomic E-state index is -3.34. The summed E-state index contributed by atoms with van der Waals surface area (Å²) in [4.78, 5) is 12.1. The van der Waals surface area contributed by atoms with Crippen LogP contribution in [0.3, 0.4) is 0 Å². The van der Waals surface area contributed by atoms with Crippen LogP contribution in [0.5, 0.6) is 0 Å². The molecule has 1 heterocycles. The number of carbonyl (C=O) groups excluding carboxylic acids is 1. The molecule has 1 aliphatic heterocycles. The number of benzene rings is 1. The second kappa shape index (κ2) is 8.60. The Balaban J connectivity index is 1.90. The minimum Gasteiger partial charge on any atom is -0.381 e. The zero-order valence-corrected chi connectivity index (χ0v) is 15.1. The molecule has 24 heavy (non-hydrogen) atoms. The molecule has 134 valence electrons. The van der Waals surface area contributed by atoms with Gasteiger partial charge in [-0.1, -0.05) is 24.3 Å². The summed E-state index contributed by atoms with van der Waals surface area (Å²) in [6.07, 6.45) is 2.65. The fraction of sp³-hybridized carbons (Fsp3) is 0.588. The van der Waals surface area contributed by atoms with E-state index in [4.69, 9.17) is 4.74 Å². The summed E-state index contributed by atoms with van der Waals surface area (Å²) in [6, 6.07) is 7.71. The van der Waals surface area contributed by atoms with E-state index in [2.05, 4.69) is 5.32 Å².